The maximum absolute atomic E-state index is 6.44. The van der Waals surface area contributed by atoms with E-state index < -0.39 is 0 Å². The van der Waals surface area contributed by atoms with Crippen LogP contribution in [0.4, 0.5) is 0 Å². The predicted octanol–water partition coefficient (Wildman–Crippen LogP) is 4.42. The Labute approximate surface area is 109 Å². The first-order chi connectivity index (χ1) is 8.12. The summed E-state index contributed by atoms with van der Waals surface area (Å²) >= 11 is 6.44. The van der Waals surface area contributed by atoms with Gasteiger partial charge in [0.05, 0.1) is 19.6 Å². The molecule has 0 aromatic heterocycles. The molecule has 17 heavy (non-hydrogen) atoms. The van der Waals surface area contributed by atoms with E-state index >= 15 is 0 Å². The van der Waals surface area contributed by atoms with E-state index in [0.717, 1.165) is 29.9 Å². The van der Waals surface area contributed by atoms with Crippen molar-refractivity contribution in [3.05, 3.63) is 23.8 Å². The summed E-state index contributed by atoms with van der Waals surface area (Å²) in [6.07, 6.45) is 2.10. The van der Waals surface area contributed by atoms with Crippen molar-refractivity contribution in [2.45, 2.75) is 32.1 Å². The zero-order valence-corrected chi connectivity index (χ0v) is 11.8. The summed E-state index contributed by atoms with van der Waals surface area (Å²) in [7, 11) is 3.30. The monoisotopic (exact) mass is 256 g/mol. The smallest absolute Gasteiger partial charge is 0.127 e. The van der Waals surface area contributed by atoms with Crippen molar-refractivity contribution >= 4 is 11.6 Å². The van der Waals surface area contributed by atoms with Crippen molar-refractivity contribution in [2.24, 2.45) is 5.92 Å². The van der Waals surface area contributed by atoms with Crippen LogP contribution in [-0.2, 0) is 0 Å². The van der Waals surface area contributed by atoms with E-state index in [1.54, 1.807) is 14.2 Å². The molecule has 0 N–H and O–H groups in total. The van der Waals surface area contributed by atoms with Crippen molar-refractivity contribution in [1.82, 2.24) is 0 Å². The summed E-state index contributed by atoms with van der Waals surface area (Å²) in [5.74, 6) is 2.20. The highest BCUT2D eigenvalue weighted by Crippen LogP contribution is 2.36. The van der Waals surface area contributed by atoms with E-state index in [4.69, 9.17) is 21.1 Å². The zero-order chi connectivity index (χ0) is 12.8. The molecule has 2 unspecified atom stereocenters. The fraction of sp³-hybridized carbons (Fsp3) is 0.571. The van der Waals surface area contributed by atoms with Crippen LogP contribution in [0.1, 0.15) is 37.6 Å². The lowest BCUT2D eigenvalue weighted by atomic mass is 9.98. The lowest BCUT2D eigenvalue weighted by molar-refractivity contribution is 0.388. The van der Waals surface area contributed by atoms with Gasteiger partial charge in [-0.2, -0.15) is 0 Å². The molecule has 3 heteroatoms. The summed E-state index contributed by atoms with van der Waals surface area (Å²) in [5.41, 5.74) is 1.04. The van der Waals surface area contributed by atoms with Crippen molar-refractivity contribution in [1.29, 1.82) is 0 Å². The number of methoxy groups -OCH3 is 2. The predicted molar refractivity (Wildman–Crippen MR) is 72.2 cm³/mol. The van der Waals surface area contributed by atoms with Gasteiger partial charge in [-0.1, -0.05) is 26.3 Å². The van der Waals surface area contributed by atoms with E-state index in [2.05, 4.69) is 13.8 Å². The SMILES string of the molecule is CCC(C)CC(Cl)c1ccc(OC)cc1OC. The van der Waals surface area contributed by atoms with Crippen LogP contribution in [-0.4, -0.2) is 14.2 Å². The Hall–Kier alpha value is -0.890. The molecule has 0 aliphatic rings. The molecule has 0 bridgehead atoms. The summed E-state index contributed by atoms with van der Waals surface area (Å²) in [4.78, 5) is 0. The highest BCUT2D eigenvalue weighted by molar-refractivity contribution is 6.21. The average molecular weight is 257 g/mol. The molecular weight excluding hydrogens is 236 g/mol. The third kappa shape index (κ3) is 3.81. The third-order valence-corrected chi connectivity index (χ3v) is 3.50. The fourth-order valence-electron chi connectivity index (χ4n) is 1.72. The van der Waals surface area contributed by atoms with Crippen LogP contribution >= 0.6 is 11.6 Å². The van der Waals surface area contributed by atoms with E-state index in [0.29, 0.717) is 5.92 Å². The number of hydrogen-bond acceptors (Lipinski definition) is 2. The van der Waals surface area contributed by atoms with Crippen molar-refractivity contribution in [3.63, 3.8) is 0 Å². The molecular formula is C14H21ClO2. The number of alkyl halides is 1. The largest absolute Gasteiger partial charge is 0.497 e. The highest BCUT2D eigenvalue weighted by Gasteiger charge is 2.16. The molecule has 96 valence electrons. The molecule has 1 aromatic rings. The van der Waals surface area contributed by atoms with E-state index in [1.807, 2.05) is 18.2 Å². The average Bonchev–Trinajstić information content (AvgIpc) is 2.37. The minimum absolute atomic E-state index is 0.00851. The molecule has 0 aliphatic heterocycles. The summed E-state index contributed by atoms with van der Waals surface area (Å²) < 4.78 is 10.5. The van der Waals surface area contributed by atoms with Crippen LogP contribution < -0.4 is 9.47 Å². The quantitative estimate of drug-likeness (QED) is 0.702. The van der Waals surface area contributed by atoms with Gasteiger partial charge in [0.1, 0.15) is 11.5 Å². The molecule has 1 rings (SSSR count). The normalized spacial score (nSPS) is 14.2. The standard InChI is InChI=1S/C14H21ClO2/c1-5-10(2)8-13(15)12-7-6-11(16-3)9-14(12)17-4/h6-7,9-10,13H,5,8H2,1-4H3. The minimum atomic E-state index is -0.00851. The Balaban J connectivity index is 2.88. The molecule has 0 amide bonds. The van der Waals surface area contributed by atoms with Crippen molar-refractivity contribution in [3.8, 4) is 11.5 Å². The number of halogens is 1. The van der Waals surface area contributed by atoms with Crippen molar-refractivity contribution in [2.75, 3.05) is 14.2 Å². The fourth-order valence-corrected chi connectivity index (χ4v) is 2.21. The lowest BCUT2D eigenvalue weighted by Gasteiger charge is -2.17. The van der Waals surface area contributed by atoms with Crippen LogP contribution in [0.5, 0.6) is 11.5 Å². The second-order valence-electron chi connectivity index (χ2n) is 4.32. The van der Waals surface area contributed by atoms with Crippen LogP contribution in [0, 0.1) is 5.92 Å². The molecule has 0 fully saturated rings. The lowest BCUT2D eigenvalue weighted by Crippen LogP contribution is -2.01. The number of hydrogen-bond donors (Lipinski definition) is 0. The van der Waals surface area contributed by atoms with Crippen LogP contribution in [0.2, 0.25) is 0 Å². The number of benzene rings is 1. The van der Waals surface area contributed by atoms with Gasteiger partial charge < -0.3 is 9.47 Å². The van der Waals surface area contributed by atoms with Gasteiger partial charge in [-0.25, -0.2) is 0 Å². The van der Waals surface area contributed by atoms with Gasteiger partial charge in [-0.3, -0.25) is 0 Å². The van der Waals surface area contributed by atoms with E-state index in [9.17, 15) is 0 Å². The Morgan fingerprint density at radius 3 is 2.47 bits per heavy atom. The highest BCUT2D eigenvalue weighted by atomic mass is 35.5. The molecule has 0 radical (unpaired) electrons. The van der Waals surface area contributed by atoms with Crippen LogP contribution in [0.3, 0.4) is 0 Å². The van der Waals surface area contributed by atoms with Gasteiger partial charge in [-0.15, -0.1) is 11.6 Å². The van der Waals surface area contributed by atoms with E-state index in [-0.39, 0.29) is 5.38 Å². The van der Waals surface area contributed by atoms with Crippen LogP contribution in [0.15, 0.2) is 18.2 Å². The molecule has 0 saturated heterocycles. The molecule has 0 aliphatic carbocycles. The first-order valence-electron chi connectivity index (χ1n) is 5.98. The van der Waals surface area contributed by atoms with Gasteiger partial charge >= 0.3 is 0 Å². The third-order valence-electron chi connectivity index (χ3n) is 3.08. The first kappa shape index (κ1) is 14.2. The van der Waals surface area contributed by atoms with Gasteiger partial charge in [-0.05, 0) is 18.4 Å². The first-order valence-corrected chi connectivity index (χ1v) is 6.42. The van der Waals surface area contributed by atoms with Gasteiger partial charge in [0.25, 0.3) is 0 Å². The molecule has 2 atom stereocenters. The number of rotatable bonds is 6. The summed E-state index contributed by atoms with van der Waals surface area (Å²) in [6, 6.07) is 5.78. The Morgan fingerprint density at radius 2 is 1.94 bits per heavy atom. The van der Waals surface area contributed by atoms with Gasteiger partial charge in [0.15, 0.2) is 0 Å². The maximum Gasteiger partial charge on any atom is 0.127 e. The van der Waals surface area contributed by atoms with Gasteiger partial charge in [0.2, 0.25) is 0 Å². The molecule has 0 saturated carbocycles. The summed E-state index contributed by atoms with van der Waals surface area (Å²) in [6.45, 7) is 4.39. The molecule has 0 heterocycles. The van der Waals surface area contributed by atoms with E-state index in [1.165, 1.54) is 0 Å². The van der Waals surface area contributed by atoms with Crippen LogP contribution in [0.25, 0.3) is 0 Å². The second kappa shape index (κ2) is 6.75. The molecule has 1 aromatic carbocycles. The molecule has 2 nitrogen and oxygen atoms in total. The number of ether oxygens (including phenoxy) is 2. The Kier molecular flexibility index (Phi) is 5.63. The second-order valence-corrected chi connectivity index (χ2v) is 4.85. The molecule has 0 spiro atoms. The zero-order valence-electron chi connectivity index (χ0n) is 11.0. The summed E-state index contributed by atoms with van der Waals surface area (Å²) in [5, 5.41) is -0.00851. The van der Waals surface area contributed by atoms with Gasteiger partial charge in [0, 0.05) is 11.6 Å². The topological polar surface area (TPSA) is 18.5 Å². The van der Waals surface area contributed by atoms with Crippen molar-refractivity contribution < 1.29 is 9.47 Å². The maximum atomic E-state index is 6.44. The Morgan fingerprint density at radius 1 is 1.24 bits per heavy atom. The Bertz CT molecular complexity index is 352. The minimum Gasteiger partial charge on any atom is -0.497 e.